The first-order valence-corrected chi connectivity index (χ1v) is 12.8. The summed E-state index contributed by atoms with van der Waals surface area (Å²) in [5.74, 6) is -1.55. The monoisotopic (exact) mass is 434 g/mol. The van der Waals surface area contributed by atoms with Crippen molar-refractivity contribution in [1.29, 1.82) is 0 Å². The number of nitrogens with two attached hydrogens (primary N) is 1. The molecule has 0 saturated carbocycles. The summed E-state index contributed by atoms with van der Waals surface area (Å²) < 4.78 is 18.0. The van der Waals surface area contributed by atoms with Gasteiger partial charge in [0.2, 0.25) is 0 Å². The van der Waals surface area contributed by atoms with Crippen LogP contribution in [-0.4, -0.2) is 58.2 Å². The third kappa shape index (κ3) is 10.1. The zero-order valence-corrected chi connectivity index (χ0v) is 18.7. The van der Waals surface area contributed by atoms with Crippen molar-refractivity contribution in [3.63, 3.8) is 0 Å². The molecule has 1 heterocycles. The predicted octanol–water partition coefficient (Wildman–Crippen LogP) is 3.51. The lowest BCUT2D eigenvalue weighted by Gasteiger charge is -2.28. The molecule has 0 aromatic heterocycles. The summed E-state index contributed by atoms with van der Waals surface area (Å²) in [6.07, 6.45) is 8.58. The van der Waals surface area contributed by atoms with Gasteiger partial charge in [0.05, 0.1) is 6.16 Å². The summed E-state index contributed by atoms with van der Waals surface area (Å²) >= 11 is 0. The maximum atomic E-state index is 12.9. The third-order valence-electron chi connectivity index (χ3n) is 5.35. The normalized spacial score (nSPS) is 19.8. The maximum absolute atomic E-state index is 12.9. The minimum atomic E-state index is -3.92. The Balaban J connectivity index is 2.60. The summed E-state index contributed by atoms with van der Waals surface area (Å²) in [6, 6.07) is -0.885. The second-order valence-corrected chi connectivity index (χ2v) is 9.82. The van der Waals surface area contributed by atoms with Gasteiger partial charge in [0.25, 0.3) is 5.91 Å². The fraction of sp³-hybridized carbons (Fsp3) is 0.900. The molecule has 170 valence electrons. The standard InChI is InChI=1S/C20H39N2O6P/c1-2-3-4-5-6-7-10-16-29(26,27)28-18(13-8-9-14-21)19(23)22-15-11-12-17(22)20(24)25/h17-18H,2-16,21H2,1H3,(H,24,25)(H,26,27)/t17-,18-/m0/s1. The number of aliphatic carboxylic acids is 1. The molecule has 29 heavy (non-hydrogen) atoms. The van der Waals surface area contributed by atoms with Gasteiger partial charge in [-0.05, 0) is 45.1 Å². The summed E-state index contributed by atoms with van der Waals surface area (Å²) in [6.45, 7) is 2.95. The number of unbranched alkanes of at least 4 members (excludes halogenated alkanes) is 7. The van der Waals surface area contributed by atoms with Crippen LogP contribution in [0.3, 0.4) is 0 Å². The molecule has 9 heteroatoms. The lowest BCUT2D eigenvalue weighted by atomic mass is 10.1. The number of rotatable bonds is 16. The van der Waals surface area contributed by atoms with E-state index in [9.17, 15) is 24.2 Å². The van der Waals surface area contributed by atoms with Crippen molar-refractivity contribution in [1.82, 2.24) is 4.90 Å². The number of likely N-dealkylation sites (tertiary alicyclic amines) is 1. The topological polar surface area (TPSA) is 130 Å². The molecule has 1 unspecified atom stereocenters. The second kappa shape index (κ2) is 14.1. The predicted molar refractivity (Wildman–Crippen MR) is 113 cm³/mol. The number of hydrogen-bond acceptors (Lipinski definition) is 5. The van der Waals surface area contributed by atoms with Crippen molar-refractivity contribution < 1.29 is 28.7 Å². The number of carbonyl (C=O) groups excluding carboxylic acids is 1. The van der Waals surface area contributed by atoms with Gasteiger partial charge >= 0.3 is 13.6 Å². The summed E-state index contributed by atoms with van der Waals surface area (Å²) in [4.78, 5) is 35.8. The fourth-order valence-electron chi connectivity index (χ4n) is 3.69. The van der Waals surface area contributed by atoms with Gasteiger partial charge in [-0.3, -0.25) is 13.9 Å². The molecule has 4 N–H and O–H groups in total. The van der Waals surface area contributed by atoms with E-state index in [2.05, 4.69) is 6.92 Å². The van der Waals surface area contributed by atoms with Crippen LogP contribution in [0.25, 0.3) is 0 Å². The van der Waals surface area contributed by atoms with Crippen LogP contribution in [0.15, 0.2) is 0 Å². The van der Waals surface area contributed by atoms with Gasteiger partial charge in [-0.1, -0.05) is 45.4 Å². The number of carboxylic acids is 1. The van der Waals surface area contributed by atoms with Gasteiger partial charge in [-0.25, -0.2) is 4.79 Å². The Morgan fingerprint density at radius 2 is 1.79 bits per heavy atom. The zero-order valence-electron chi connectivity index (χ0n) is 17.8. The molecule has 0 radical (unpaired) electrons. The Morgan fingerprint density at radius 3 is 2.41 bits per heavy atom. The summed E-state index contributed by atoms with van der Waals surface area (Å²) in [5, 5.41) is 9.33. The van der Waals surface area contributed by atoms with Crippen LogP contribution in [-0.2, 0) is 18.7 Å². The highest BCUT2D eigenvalue weighted by atomic mass is 31.2. The molecule has 0 aromatic carbocycles. The van der Waals surface area contributed by atoms with Crippen LogP contribution in [0.4, 0.5) is 0 Å². The van der Waals surface area contributed by atoms with E-state index in [1.807, 2.05) is 0 Å². The molecule has 1 amide bonds. The molecule has 1 fully saturated rings. The van der Waals surface area contributed by atoms with Crippen LogP contribution in [0.1, 0.15) is 84.0 Å². The zero-order chi connectivity index (χ0) is 21.7. The highest BCUT2D eigenvalue weighted by molar-refractivity contribution is 7.52. The van der Waals surface area contributed by atoms with E-state index in [1.165, 1.54) is 24.2 Å². The van der Waals surface area contributed by atoms with Crippen molar-refractivity contribution >= 4 is 19.5 Å². The van der Waals surface area contributed by atoms with Crippen molar-refractivity contribution in [3.8, 4) is 0 Å². The van der Waals surface area contributed by atoms with Crippen LogP contribution in [0, 0.1) is 0 Å². The van der Waals surface area contributed by atoms with E-state index in [1.54, 1.807) is 0 Å². The average Bonchev–Trinajstić information content (AvgIpc) is 3.16. The van der Waals surface area contributed by atoms with Crippen LogP contribution >= 0.6 is 7.60 Å². The Kier molecular flexibility index (Phi) is 12.7. The van der Waals surface area contributed by atoms with Gasteiger partial charge in [0, 0.05) is 6.54 Å². The second-order valence-electron chi connectivity index (χ2n) is 7.89. The molecule has 3 atom stereocenters. The molecule has 0 aliphatic carbocycles. The molecule has 8 nitrogen and oxygen atoms in total. The molecule has 1 aliphatic rings. The molecule has 0 spiro atoms. The van der Waals surface area contributed by atoms with Gasteiger partial charge in [0.15, 0.2) is 0 Å². The van der Waals surface area contributed by atoms with Gasteiger partial charge in [0.1, 0.15) is 12.1 Å². The maximum Gasteiger partial charge on any atom is 0.328 e. The molecule has 1 saturated heterocycles. The Bertz CT molecular complexity index is 545. The molecule has 1 rings (SSSR count). The highest BCUT2D eigenvalue weighted by Gasteiger charge is 2.39. The first kappa shape index (κ1) is 26.1. The number of amides is 1. The van der Waals surface area contributed by atoms with Crippen LogP contribution < -0.4 is 5.73 Å². The summed E-state index contributed by atoms with van der Waals surface area (Å²) in [7, 11) is -3.92. The first-order chi connectivity index (χ1) is 13.8. The number of nitrogens with zero attached hydrogens (tertiary/aromatic N) is 1. The van der Waals surface area contributed by atoms with E-state index in [0.717, 1.165) is 19.3 Å². The minimum absolute atomic E-state index is 0.0177. The SMILES string of the molecule is CCCCCCCCCP(=O)(O)O[C@@H](CCCCN)C(=O)N1CCC[C@H]1C(=O)O. The van der Waals surface area contributed by atoms with Crippen molar-refractivity contribution in [2.75, 3.05) is 19.3 Å². The van der Waals surface area contributed by atoms with Gasteiger partial charge in [-0.2, -0.15) is 0 Å². The highest BCUT2D eigenvalue weighted by Crippen LogP contribution is 2.45. The van der Waals surface area contributed by atoms with Crippen molar-refractivity contribution in [2.24, 2.45) is 5.73 Å². The number of hydrogen-bond donors (Lipinski definition) is 3. The summed E-state index contributed by atoms with van der Waals surface area (Å²) in [5.41, 5.74) is 5.51. The van der Waals surface area contributed by atoms with Crippen LogP contribution in [0.2, 0.25) is 0 Å². The quantitative estimate of drug-likeness (QED) is 0.250. The number of carboxylic acid groups (broad SMARTS) is 1. The molecule has 0 aromatic rings. The lowest BCUT2D eigenvalue weighted by Crippen LogP contribution is -2.46. The third-order valence-corrected chi connectivity index (χ3v) is 6.82. The van der Waals surface area contributed by atoms with Gasteiger partial charge < -0.3 is 20.6 Å². The smallest absolute Gasteiger partial charge is 0.328 e. The molecular weight excluding hydrogens is 395 g/mol. The minimum Gasteiger partial charge on any atom is -0.480 e. The van der Waals surface area contributed by atoms with Crippen LogP contribution in [0.5, 0.6) is 0 Å². The van der Waals surface area contributed by atoms with E-state index in [-0.39, 0.29) is 12.6 Å². The Labute approximate surface area is 174 Å². The van der Waals surface area contributed by atoms with E-state index in [4.69, 9.17) is 10.3 Å². The van der Waals surface area contributed by atoms with Gasteiger partial charge in [-0.15, -0.1) is 0 Å². The lowest BCUT2D eigenvalue weighted by molar-refractivity contribution is -0.151. The Morgan fingerprint density at radius 1 is 1.14 bits per heavy atom. The molecule has 0 bridgehead atoms. The number of carbonyl (C=O) groups is 2. The fourth-order valence-corrected chi connectivity index (χ4v) is 5.01. The van der Waals surface area contributed by atoms with Crippen molar-refractivity contribution in [2.45, 2.75) is 96.1 Å². The Hall–Kier alpha value is -0.950. The van der Waals surface area contributed by atoms with E-state index in [0.29, 0.717) is 45.2 Å². The largest absolute Gasteiger partial charge is 0.480 e. The van der Waals surface area contributed by atoms with Crippen molar-refractivity contribution in [3.05, 3.63) is 0 Å². The average molecular weight is 435 g/mol. The van der Waals surface area contributed by atoms with E-state index >= 15 is 0 Å². The molecule has 1 aliphatic heterocycles. The molecular formula is C20H39N2O6P. The first-order valence-electron chi connectivity index (χ1n) is 11.1. The van der Waals surface area contributed by atoms with E-state index < -0.39 is 31.6 Å².